The van der Waals surface area contributed by atoms with Crippen LogP contribution in [0, 0.1) is 5.92 Å². The third-order valence-corrected chi connectivity index (χ3v) is 1.96. The number of alkyl halides is 1. The molecular weight excluding hydrogens is 146 g/mol. The molecule has 1 aliphatic heterocycles. The number of dihydropyridines is 1. The monoisotopic (exact) mass is 157 g/mol. The van der Waals surface area contributed by atoms with Crippen LogP contribution in [-0.4, -0.2) is 5.50 Å². The molecule has 1 atom stereocenters. The molecule has 1 aliphatic rings. The summed E-state index contributed by atoms with van der Waals surface area (Å²) < 4.78 is 0. The largest absolute Gasteiger partial charge is 0.372 e. The average Bonchev–Trinajstić information content (AvgIpc) is 1.88. The van der Waals surface area contributed by atoms with Gasteiger partial charge < -0.3 is 5.32 Å². The molecule has 0 amide bonds. The molecule has 1 N–H and O–H groups in total. The number of allylic oxidation sites excluding steroid dienone is 2. The number of nitrogens with one attached hydrogen (secondary N) is 1. The van der Waals surface area contributed by atoms with Crippen LogP contribution in [0.3, 0.4) is 0 Å². The zero-order valence-corrected chi connectivity index (χ0v) is 7.02. The van der Waals surface area contributed by atoms with Crippen LogP contribution < -0.4 is 5.32 Å². The summed E-state index contributed by atoms with van der Waals surface area (Å²) in [6, 6.07) is 0. The zero-order valence-electron chi connectivity index (χ0n) is 6.26. The Hall–Kier alpha value is -0.430. The minimum Gasteiger partial charge on any atom is -0.372 e. The molecule has 10 heavy (non-hydrogen) atoms. The van der Waals surface area contributed by atoms with Crippen molar-refractivity contribution in [3.8, 4) is 0 Å². The molecule has 0 spiro atoms. The Morgan fingerprint density at radius 1 is 1.60 bits per heavy atom. The van der Waals surface area contributed by atoms with Gasteiger partial charge in [0.2, 0.25) is 0 Å². The molecule has 0 saturated carbocycles. The van der Waals surface area contributed by atoms with Crippen LogP contribution >= 0.6 is 11.6 Å². The molecule has 0 aromatic rings. The SMILES string of the molecule is CC(C)C1=CC=CNC1Cl. The van der Waals surface area contributed by atoms with Crippen LogP contribution in [0.4, 0.5) is 0 Å². The van der Waals surface area contributed by atoms with Gasteiger partial charge in [-0.3, -0.25) is 0 Å². The highest BCUT2D eigenvalue weighted by Gasteiger charge is 2.13. The Morgan fingerprint density at radius 3 is 2.70 bits per heavy atom. The van der Waals surface area contributed by atoms with Gasteiger partial charge in [-0.05, 0) is 23.8 Å². The maximum Gasteiger partial charge on any atom is 0.123 e. The van der Waals surface area contributed by atoms with Gasteiger partial charge in [-0.2, -0.15) is 0 Å². The van der Waals surface area contributed by atoms with Gasteiger partial charge in [-0.25, -0.2) is 0 Å². The van der Waals surface area contributed by atoms with Crippen LogP contribution in [0.2, 0.25) is 0 Å². The Labute approximate surface area is 66.8 Å². The Bertz CT molecular complexity index is 170. The molecule has 0 saturated heterocycles. The molecule has 0 radical (unpaired) electrons. The second-order valence-corrected chi connectivity index (χ2v) is 3.15. The van der Waals surface area contributed by atoms with Gasteiger partial charge >= 0.3 is 0 Å². The van der Waals surface area contributed by atoms with Gasteiger partial charge in [0.1, 0.15) is 5.50 Å². The molecule has 1 nitrogen and oxygen atoms in total. The van der Waals surface area contributed by atoms with Gasteiger partial charge in [0, 0.05) is 0 Å². The number of hydrogen-bond acceptors (Lipinski definition) is 1. The standard InChI is InChI=1S/C8H12ClN/c1-6(2)7-4-3-5-10-8(7)9/h3-6,8,10H,1-2H3. The minimum atomic E-state index is -0.00926. The van der Waals surface area contributed by atoms with E-state index in [1.807, 2.05) is 12.3 Å². The highest BCUT2D eigenvalue weighted by atomic mass is 35.5. The summed E-state index contributed by atoms with van der Waals surface area (Å²) in [7, 11) is 0. The molecule has 0 fully saturated rings. The van der Waals surface area contributed by atoms with Crippen molar-refractivity contribution in [3.63, 3.8) is 0 Å². The normalized spacial score (nSPS) is 24.4. The van der Waals surface area contributed by atoms with E-state index < -0.39 is 0 Å². The van der Waals surface area contributed by atoms with Crippen LogP contribution in [0.1, 0.15) is 13.8 Å². The quantitative estimate of drug-likeness (QED) is 0.455. The Morgan fingerprint density at radius 2 is 2.30 bits per heavy atom. The lowest BCUT2D eigenvalue weighted by Gasteiger charge is -2.19. The summed E-state index contributed by atoms with van der Waals surface area (Å²) in [5.74, 6) is 0.528. The van der Waals surface area contributed by atoms with Crippen molar-refractivity contribution in [2.24, 2.45) is 5.92 Å². The van der Waals surface area contributed by atoms with Crippen molar-refractivity contribution in [3.05, 3.63) is 23.9 Å². The molecule has 0 aromatic heterocycles. The van der Waals surface area contributed by atoms with Crippen molar-refractivity contribution >= 4 is 11.6 Å². The lowest BCUT2D eigenvalue weighted by atomic mass is 10.0. The lowest BCUT2D eigenvalue weighted by molar-refractivity contribution is 0.683. The van der Waals surface area contributed by atoms with Crippen LogP contribution in [0.5, 0.6) is 0 Å². The fourth-order valence-corrected chi connectivity index (χ4v) is 1.36. The predicted molar refractivity (Wildman–Crippen MR) is 44.8 cm³/mol. The van der Waals surface area contributed by atoms with Crippen molar-refractivity contribution in [2.75, 3.05) is 0 Å². The molecular formula is C8H12ClN. The molecule has 0 aromatic carbocycles. The Kier molecular flexibility index (Phi) is 2.39. The zero-order chi connectivity index (χ0) is 7.56. The summed E-state index contributed by atoms with van der Waals surface area (Å²) in [6.07, 6.45) is 5.91. The highest BCUT2D eigenvalue weighted by molar-refractivity contribution is 6.22. The van der Waals surface area contributed by atoms with Gasteiger partial charge in [0.15, 0.2) is 0 Å². The van der Waals surface area contributed by atoms with Gasteiger partial charge in [-0.15, -0.1) is 0 Å². The van der Waals surface area contributed by atoms with E-state index in [4.69, 9.17) is 11.6 Å². The summed E-state index contributed by atoms with van der Waals surface area (Å²) in [5, 5.41) is 3.03. The van der Waals surface area contributed by atoms with E-state index in [1.165, 1.54) is 5.57 Å². The maximum atomic E-state index is 5.95. The third kappa shape index (κ3) is 1.54. The smallest absolute Gasteiger partial charge is 0.123 e. The van der Waals surface area contributed by atoms with Crippen LogP contribution in [-0.2, 0) is 0 Å². The van der Waals surface area contributed by atoms with E-state index in [0.717, 1.165) is 0 Å². The first kappa shape index (κ1) is 7.67. The molecule has 1 unspecified atom stereocenters. The summed E-state index contributed by atoms with van der Waals surface area (Å²) >= 11 is 5.95. The van der Waals surface area contributed by atoms with E-state index in [9.17, 15) is 0 Å². The van der Waals surface area contributed by atoms with E-state index in [-0.39, 0.29) is 5.50 Å². The average molecular weight is 158 g/mol. The molecule has 56 valence electrons. The first-order valence-corrected chi connectivity index (χ1v) is 3.92. The van der Waals surface area contributed by atoms with Crippen molar-refractivity contribution < 1.29 is 0 Å². The predicted octanol–water partition coefficient (Wildman–Crippen LogP) is 2.25. The Balaban J connectivity index is 2.70. The number of hydrogen-bond donors (Lipinski definition) is 1. The number of rotatable bonds is 1. The van der Waals surface area contributed by atoms with Crippen LogP contribution in [0.25, 0.3) is 0 Å². The maximum absolute atomic E-state index is 5.95. The number of halogens is 1. The van der Waals surface area contributed by atoms with Crippen molar-refractivity contribution in [1.82, 2.24) is 5.32 Å². The van der Waals surface area contributed by atoms with E-state index >= 15 is 0 Å². The first-order chi connectivity index (χ1) is 4.72. The van der Waals surface area contributed by atoms with E-state index in [0.29, 0.717) is 5.92 Å². The summed E-state index contributed by atoms with van der Waals surface area (Å²) in [6.45, 7) is 4.28. The highest BCUT2D eigenvalue weighted by Crippen LogP contribution is 2.19. The topological polar surface area (TPSA) is 12.0 Å². The molecule has 1 rings (SSSR count). The van der Waals surface area contributed by atoms with E-state index in [2.05, 4.69) is 25.2 Å². The van der Waals surface area contributed by atoms with Crippen LogP contribution in [0.15, 0.2) is 23.9 Å². The fourth-order valence-electron chi connectivity index (χ4n) is 0.965. The third-order valence-electron chi connectivity index (χ3n) is 1.59. The molecule has 2 heteroatoms. The van der Waals surface area contributed by atoms with Gasteiger partial charge in [-0.1, -0.05) is 31.5 Å². The molecule has 1 heterocycles. The van der Waals surface area contributed by atoms with Gasteiger partial charge in [0.25, 0.3) is 0 Å². The minimum absolute atomic E-state index is 0.00926. The van der Waals surface area contributed by atoms with Crippen molar-refractivity contribution in [1.29, 1.82) is 0 Å². The molecule has 0 bridgehead atoms. The lowest BCUT2D eigenvalue weighted by Crippen LogP contribution is -2.24. The summed E-state index contributed by atoms with van der Waals surface area (Å²) in [4.78, 5) is 0. The van der Waals surface area contributed by atoms with E-state index in [1.54, 1.807) is 0 Å². The fraction of sp³-hybridized carbons (Fsp3) is 0.500. The first-order valence-electron chi connectivity index (χ1n) is 3.48. The second kappa shape index (κ2) is 3.11. The second-order valence-electron chi connectivity index (χ2n) is 2.71. The van der Waals surface area contributed by atoms with Gasteiger partial charge in [0.05, 0.1) is 0 Å². The van der Waals surface area contributed by atoms with Crippen molar-refractivity contribution in [2.45, 2.75) is 19.3 Å². The summed E-state index contributed by atoms with van der Waals surface area (Å²) in [5.41, 5.74) is 1.24. The molecule has 0 aliphatic carbocycles.